The molecule has 82 valence electrons. The molecule has 5 heteroatoms. The Morgan fingerprint density at radius 1 is 1.50 bits per heavy atom. The summed E-state index contributed by atoms with van der Waals surface area (Å²) in [7, 11) is 0. The van der Waals surface area contributed by atoms with Crippen molar-refractivity contribution in [1.82, 2.24) is 4.98 Å². The number of hydrogen-bond donors (Lipinski definition) is 0. The molecule has 0 saturated heterocycles. The molecule has 0 aliphatic carbocycles. The van der Waals surface area contributed by atoms with Crippen LogP contribution in [-0.2, 0) is 0 Å². The highest BCUT2D eigenvalue weighted by Gasteiger charge is 2.11. The number of thiazole rings is 1. The summed E-state index contributed by atoms with van der Waals surface area (Å²) in [5.74, 6) is -0.396. The highest BCUT2D eigenvalue weighted by Crippen LogP contribution is 2.29. The van der Waals surface area contributed by atoms with Gasteiger partial charge in [0.15, 0.2) is 5.78 Å². The number of benzene rings is 1. The van der Waals surface area contributed by atoms with E-state index in [1.165, 1.54) is 30.5 Å². The molecule has 0 aliphatic rings. The molecule has 0 atom stereocenters. The van der Waals surface area contributed by atoms with Crippen LogP contribution in [0.2, 0.25) is 0 Å². The lowest BCUT2D eigenvalue weighted by molar-refractivity contribution is 0.102. The van der Waals surface area contributed by atoms with Crippen molar-refractivity contribution in [2.75, 3.05) is 0 Å². The molecule has 16 heavy (non-hydrogen) atoms. The summed E-state index contributed by atoms with van der Waals surface area (Å²) < 4.78 is 14.3. The third kappa shape index (κ3) is 2.20. The summed E-state index contributed by atoms with van der Waals surface area (Å²) in [5, 5.41) is 0.518. The monoisotopic (exact) mass is 299 g/mol. The summed E-state index contributed by atoms with van der Waals surface area (Å²) >= 11 is 4.47. The molecule has 1 heterocycles. The standard InChI is InChI=1S/C11H7BrFNOS/c1-6(15)10-5-14-11(16-10)8-4-7(12)2-3-9(8)13/h2-5H,1H3. The molecular weight excluding hydrogens is 293 g/mol. The minimum absolute atomic E-state index is 0.0563. The van der Waals surface area contributed by atoms with E-state index >= 15 is 0 Å². The van der Waals surface area contributed by atoms with Crippen LogP contribution in [0.5, 0.6) is 0 Å². The first-order valence-electron chi connectivity index (χ1n) is 4.50. The maximum atomic E-state index is 13.5. The van der Waals surface area contributed by atoms with Crippen LogP contribution in [0, 0.1) is 5.82 Å². The Balaban J connectivity index is 2.50. The number of hydrogen-bond acceptors (Lipinski definition) is 3. The van der Waals surface area contributed by atoms with Gasteiger partial charge in [0.05, 0.1) is 4.88 Å². The van der Waals surface area contributed by atoms with E-state index in [9.17, 15) is 9.18 Å². The number of aromatic nitrogens is 1. The molecule has 1 aromatic heterocycles. The molecular formula is C11H7BrFNOS. The van der Waals surface area contributed by atoms with Crippen LogP contribution in [0.25, 0.3) is 10.6 Å². The maximum absolute atomic E-state index is 13.5. The van der Waals surface area contributed by atoms with E-state index in [4.69, 9.17) is 0 Å². The van der Waals surface area contributed by atoms with Crippen LogP contribution in [-0.4, -0.2) is 10.8 Å². The van der Waals surface area contributed by atoms with Gasteiger partial charge in [0.1, 0.15) is 10.8 Å². The van der Waals surface area contributed by atoms with Crippen molar-refractivity contribution >= 4 is 33.0 Å². The Morgan fingerprint density at radius 3 is 2.88 bits per heavy atom. The van der Waals surface area contributed by atoms with Crippen molar-refractivity contribution in [3.05, 3.63) is 39.6 Å². The first-order chi connectivity index (χ1) is 7.58. The fraction of sp³-hybridized carbons (Fsp3) is 0.0909. The smallest absolute Gasteiger partial charge is 0.171 e. The third-order valence-corrected chi connectivity index (χ3v) is 3.64. The summed E-state index contributed by atoms with van der Waals surface area (Å²) in [5.41, 5.74) is 0.409. The summed E-state index contributed by atoms with van der Waals surface area (Å²) in [6, 6.07) is 4.64. The van der Waals surface area contributed by atoms with Gasteiger partial charge < -0.3 is 0 Å². The summed E-state index contributed by atoms with van der Waals surface area (Å²) in [6.07, 6.45) is 1.47. The number of rotatable bonds is 2. The molecule has 2 aromatic rings. The van der Waals surface area contributed by atoms with Crippen LogP contribution < -0.4 is 0 Å². The van der Waals surface area contributed by atoms with Gasteiger partial charge in [-0.15, -0.1) is 11.3 Å². The zero-order chi connectivity index (χ0) is 11.7. The van der Waals surface area contributed by atoms with Gasteiger partial charge in [-0.2, -0.15) is 0 Å². The zero-order valence-corrected chi connectivity index (χ0v) is 10.7. The maximum Gasteiger partial charge on any atom is 0.171 e. The SMILES string of the molecule is CC(=O)c1cnc(-c2cc(Br)ccc2F)s1. The molecule has 0 bridgehead atoms. The molecule has 1 aromatic carbocycles. The predicted octanol–water partition coefficient (Wildman–Crippen LogP) is 3.91. The van der Waals surface area contributed by atoms with Crippen LogP contribution in [0.4, 0.5) is 4.39 Å². The molecule has 2 rings (SSSR count). The number of ketones is 1. The molecule has 0 radical (unpaired) electrons. The van der Waals surface area contributed by atoms with Crippen LogP contribution in [0.15, 0.2) is 28.9 Å². The Kier molecular flexibility index (Phi) is 3.16. The van der Waals surface area contributed by atoms with Crippen molar-refractivity contribution in [3.8, 4) is 10.6 Å². The fourth-order valence-corrected chi connectivity index (χ4v) is 2.41. The minimum atomic E-state index is -0.340. The normalized spacial score (nSPS) is 10.4. The Hall–Kier alpha value is -1.07. The Bertz CT molecular complexity index is 553. The summed E-state index contributed by atoms with van der Waals surface area (Å²) in [6.45, 7) is 1.47. The van der Waals surface area contributed by atoms with Gasteiger partial charge in [-0.05, 0) is 18.2 Å². The van der Waals surface area contributed by atoms with Gasteiger partial charge in [-0.1, -0.05) is 15.9 Å². The van der Waals surface area contributed by atoms with Gasteiger partial charge in [0.2, 0.25) is 0 Å². The number of Topliss-reactive ketones (excluding diaryl/α,β-unsaturated/α-hetero) is 1. The first kappa shape index (κ1) is 11.4. The average Bonchev–Trinajstić information content (AvgIpc) is 2.70. The number of carbonyl (C=O) groups excluding carboxylic acids is 1. The van der Waals surface area contributed by atoms with E-state index in [0.717, 1.165) is 4.47 Å². The molecule has 0 amide bonds. The molecule has 0 spiro atoms. The van der Waals surface area contributed by atoms with E-state index in [1.807, 2.05) is 0 Å². The minimum Gasteiger partial charge on any atom is -0.294 e. The van der Waals surface area contributed by atoms with Crippen LogP contribution in [0.3, 0.4) is 0 Å². The van der Waals surface area contributed by atoms with Gasteiger partial charge in [0, 0.05) is 23.2 Å². The van der Waals surface area contributed by atoms with Crippen molar-refractivity contribution in [3.63, 3.8) is 0 Å². The number of halogens is 2. The second-order valence-corrected chi connectivity index (χ2v) is 5.16. The van der Waals surface area contributed by atoms with E-state index in [0.29, 0.717) is 15.4 Å². The zero-order valence-electron chi connectivity index (χ0n) is 8.33. The van der Waals surface area contributed by atoms with Gasteiger partial charge in [-0.3, -0.25) is 4.79 Å². The quantitative estimate of drug-likeness (QED) is 0.787. The van der Waals surface area contributed by atoms with Crippen molar-refractivity contribution < 1.29 is 9.18 Å². The predicted molar refractivity (Wildman–Crippen MR) is 65.2 cm³/mol. The number of carbonyl (C=O) groups is 1. The van der Waals surface area contributed by atoms with Crippen molar-refractivity contribution in [2.45, 2.75) is 6.92 Å². The molecule has 0 unspecified atom stereocenters. The summed E-state index contributed by atoms with van der Waals surface area (Å²) in [4.78, 5) is 15.7. The third-order valence-electron chi connectivity index (χ3n) is 2.01. The van der Waals surface area contributed by atoms with Crippen LogP contribution in [0.1, 0.15) is 16.6 Å². The van der Waals surface area contributed by atoms with Crippen molar-refractivity contribution in [2.24, 2.45) is 0 Å². The molecule has 0 aliphatic heterocycles. The second kappa shape index (κ2) is 4.43. The first-order valence-corrected chi connectivity index (χ1v) is 6.11. The Labute approximate surface area is 104 Å². The van der Waals surface area contributed by atoms with Crippen LogP contribution >= 0.6 is 27.3 Å². The van der Waals surface area contributed by atoms with E-state index in [1.54, 1.807) is 12.1 Å². The molecule has 0 N–H and O–H groups in total. The Morgan fingerprint density at radius 2 is 2.25 bits per heavy atom. The lowest BCUT2D eigenvalue weighted by atomic mass is 10.2. The second-order valence-electron chi connectivity index (χ2n) is 3.21. The largest absolute Gasteiger partial charge is 0.294 e. The lowest BCUT2D eigenvalue weighted by Crippen LogP contribution is -1.83. The molecule has 2 nitrogen and oxygen atoms in total. The number of nitrogens with zero attached hydrogens (tertiary/aromatic N) is 1. The van der Waals surface area contributed by atoms with Gasteiger partial charge in [-0.25, -0.2) is 9.37 Å². The fourth-order valence-electron chi connectivity index (χ4n) is 1.22. The van der Waals surface area contributed by atoms with E-state index in [-0.39, 0.29) is 11.6 Å². The highest BCUT2D eigenvalue weighted by atomic mass is 79.9. The van der Waals surface area contributed by atoms with Gasteiger partial charge >= 0.3 is 0 Å². The highest BCUT2D eigenvalue weighted by molar-refractivity contribution is 9.10. The van der Waals surface area contributed by atoms with Crippen molar-refractivity contribution in [1.29, 1.82) is 0 Å². The lowest BCUT2D eigenvalue weighted by Gasteiger charge is -1.99. The molecule has 0 fully saturated rings. The average molecular weight is 300 g/mol. The topological polar surface area (TPSA) is 30.0 Å². The van der Waals surface area contributed by atoms with E-state index in [2.05, 4.69) is 20.9 Å². The molecule has 0 saturated carbocycles. The van der Waals surface area contributed by atoms with Gasteiger partial charge in [0.25, 0.3) is 0 Å². The van der Waals surface area contributed by atoms with E-state index < -0.39 is 0 Å².